The van der Waals surface area contributed by atoms with E-state index in [4.69, 9.17) is 4.74 Å². The minimum absolute atomic E-state index is 0.0681. The Bertz CT molecular complexity index is 485. The molecule has 1 aliphatic heterocycles. The van der Waals surface area contributed by atoms with Crippen molar-refractivity contribution in [3.8, 4) is 0 Å². The molecular formula is C11H13N3O2S. The minimum atomic E-state index is -0.245. The summed E-state index contributed by atoms with van der Waals surface area (Å²) in [6.07, 6.45) is 3.33. The molecule has 1 aromatic heterocycles. The van der Waals surface area contributed by atoms with Gasteiger partial charge in [0.25, 0.3) is 0 Å². The van der Waals surface area contributed by atoms with Gasteiger partial charge in [0.1, 0.15) is 5.82 Å². The zero-order valence-electron chi connectivity index (χ0n) is 9.31. The lowest BCUT2D eigenvalue weighted by atomic mass is 10.1. The SMILES string of the molecule is O=C(Nc1nc(C2CC2)ns1)[C@@]12COC[C@@H]1C2. The summed E-state index contributed by atoms with van der Waals surface area (Å²) in [6, 6.07) is 0. The highest BCUT2D eigenvalue weighted by atomic mass is 32.1. The van der Waals surface area contributed by atoms with Gasteiger partial charge in [0.15, 0.2) is 0 Å². The van der Waals surface area contributed by atoms with Gasteiger partial charge < -0.3 is 10.1 Å². The van der Waals surface area contributed by atoms with Gasteiger partial charge in [-0.1, -0.05) is 0 Å². The lowest BCUT2D eigenvalue weighted by molar-refractivity contribution is -0.121. The van der Waals surface area contributed by atoms with E-state index in [9.17, 15) is 4.79 Å². The molecule has 2 aliphatic carbocycles. The van der Waals surface area contributed by atoms with Crippen LogP contribution in [0.15, 0.2) is 0 Å². The van der Waals surface area contributed by atoms with Crippen molar-refractivity contribution in [3.63, 3.8) is 0 Å². The lowest BCUT2D eigenvalue weighted by Crippen LogP contribution is -2.26. The van der Waals surface area contributed by atoms with Gasteiger partial charge in [0.2, 0.25) is 11.0 Å². The van der Waals surface area contributed by atoms with Crippen LogP contribution in [0.3, 0.4) is 0 Å². The van der Waals surface area contributed by atoms with E-state index >= 15 is 0 Å². The van der Waals surface area contributed by atoms with Crippen molar-refractivity contribution in [2.75, 3.05) is 18.5 Å². The van der Waals surface area contributed by atoms with E-state index in [2.05, 4.69) is 14.7 Å². The highest BCUT2D eigenvalue weighted by molar-refractivity contribution is 7.09. The molecule has 3 aliphatic rings. The van der Waals surface area contributed by atoms with E-state index < -0.39 is 0 Å². The van der Waals surface area contributed by atoms with Gasteiger partial charge in [-0.15, -0.1) is 0 Å². The first-order valence-electron chi connectivity index (χ1n) is 6.01. The molecule has 1 amide bonds. The van der Waals surface area contributed by atoms with Crippen LogP contribution in [0.2, 0.25) is 0 Å². The second-order valence-electron chi connectivity index (χ2n) is 5.26. The average molecular weight is 251 g/mol. The van der Waals surface area contributed by atoms with Crippen molar-refractivity contribution in [2.24, 2.45) is 11.3 Å². The number of carbonyl (C=O) groups excluding carboxylic acids is 1. The maximum absolute atomic E-state index is 12.1. The van der Waals surface area contributed by atoms with Gasteiger partial charge in [-0.2, -0.15) is 4.37 Å². The van der Waals surface area contributed by atoms with Gasteiger partial charge >= 0.3 is 0 Å². The molecule has 3 fully saturated rings. The van der Waals surface area contributed by atoms with E-state index in [0.717, 1.165) is 18.9 Å². The fourth-order valence-electron chi connectivity index (χ4n) is 2.52. The van der Waals surface area contributed by atoms with E-state index in [1.165, 1.54) is 24.4 Å². The maximum atomic E-state index is 12.1. The summed E-state index contributed by atoms with van der Waals surface area (Å²) in [4.78, 5) is 16.5. The molecule has 0 bridgehead atoms. The standard InChI is InChI=1S/C11H13N3O2S/c15-9(11-3-7(11)4-16-5-11)13-10-12-8(14-17-10)6-1-2-6/h6-7H,1-5H2,(H,12,13,14,15)/t7-,11-/m0/s1. The number of hydrogen-bond donors (Lipinski definition) is 1. The molecule has 0 radical (unpaired) electrons. The van der Waals surface area contributed by atoms with Crippen molar-refractivity contribution >= 4 is 22.6 Å². The summed E-state index contributed by atoms with van der Waals surface area (Å²) in [6.45, 7) is 1.30. The molecule has 90 valence electrons. The van der Waals surface area contributed by atoms with E-state index in [-0.39, 0.29) is 11.3 Å². The number of rotatable bonds is 3. The average Bonchev–Trinajstić information content (AvgIpc) is 3.22. The second kappa shape index (κ2) is 3.26. The Morgan fingerprint density at radius 2 is 2.41 bits per heavy atom. The molecule has 4 rings (SSSR count). The first kappa shape index (κ1) is 9.96. The van der Waals surface area contributed by atoms with Crippen LogP contribution in [0.1, 0.15) is 31.0 Å². The number of amides is 1. The van der Waals surface area contributed by atoms with E-state index in [1.54, 1.807) is 0 Å². The highest BCUT2D eigenvalue weighted by Gasteiger charge is 2.63. The Hall–Kier alpha value is -1.01. The predicted molar refractivity (Wildman–Crippen MR) is 61.9 cm³/mol. The van der Waals surface area contributed by atoms with Crippen molar-refractivity contribution in [2.45, 2.75) is 25.2 Å². The van der Waals surface area contributed by atoms with Gasteiger partial charge in [0, 0.05) is 23.4 Å². The summed E-state index contributed by atoms with van der Waals surface area (Å²) < 4.78 is 9.61. The number of carbonyl (C=O) groups is 1. The molecule has 1 aromatic rings. The zero-order chi connectivity index (χ0) is 11.5. The Morgan fingerprint density at radius 3 is 3.06 bits per heavy atom. The smallest absolute Gasteiger partial charge is 0.235 e. The Kier molecular flexibility index (Phi) is 1.91. The second-order valence-corrected chi connectivity index (χ2v) is 6.01. The molecule has 17 heavy (non-hydrogen) atoms. The van der Waals surface area contributed by atoms with Crippen LogP contribution < -0.4 is 5.32 Å². The van der Waals surface area contributed by atoms with E-state index in [1.807, 2.05) is 0 Å². The fraction of sp³-hybridized carbons (Fsp3) is 0.727. The van der Waals surface area contributed by atoms with Crippen LogP contribution >= 0.6 is 11.5 Å². The highest BCUT2D eigenvalue weighted by Crippen LogP contribution is 2.57. The van der Waals surface area contributed by atoms with Crippen molar-refractivity contribution in [3.05, 3.63) is 5.82 Å². The van der Waals surface area contributed by atoms with Gasteiger partial charge in [-0.3, -0.25) is 4.79 Å². The summed E-state index contributed by atoms with van der Waals surface area (Å²) in [5, 5.41) is 3.54. The summed E-state index contributed by atoms with van der Waals surface area (Å²) >= 11 is 1.29. The lowest BCUT2D eigenvalue weighted by Gasteiger charge is -2.08. The largest absolute Gasteiger partial charge is 0.380 e. The third-order valence-electron chi connectivity index (χ3n) is 3.97. The molecular weight excluding hydrogens is 238 g/mol. The predicted octanol–water partition coefficient (Wildman–Crippen LogP) is 1.39. The Morgan fingerprint density at radius 1 is 1.53 bits per heavy atom. The number of anilines is 1. The van der Waals surface area contributed by atoms with Crippen LogP contribution in [-0.4, -0.2) is 28.5 Å². The molecule has 0 spiro atoms. The summed E-state index contributed by atoms with van der Waals surface area (Å²) in [7, 11) is 0. The number of ether oxygens (including phenoxy) is 1. The molecule has 5 nitrogen and oxygen atoms in total. The van der Waals surface area contributed by atoms with E-state index in [0.29, 0.717) is 23.6 Å². The molecule has 2 heterocycles. The first-order chi connectivity index (χ1) is 8.28. The molecule has 2 atom stereocenters. The van der Waals surface area contributed by atoms with Crippen molar-refractivity contribution in [1.82, 2.24) is 9.36 Å². The number of nitrogens with zero attached hydrogens (tertiary/aromatic N) is 2. The normalized spacial score (nSPS) is 34.5. The van der Waals surface area contributed by atoms with Crippen molar-refractivity contribution < 1.29 is 9.53 Å². The number of hydrogen-bond acceptors (Lipinski definition) is 5. The van der Waals surface area contributed by atoms with Crippen LogP contribution in [0, 0.1) is 11.3 Å². The number of aromatic nitrogens is 2. The molecule has 2 saturated carbocycles. The Labute approximate surface area is 103 Å². The van der Waals surface area contributed by atoms with Crippen LogP contribution in [0.5, 0.6) is 0 Å². The fourth-order valence-corrected chi connectivity index (χ4v) is 3.16. The van der Waals surface area contributed by atoms with Crippen LogP contribution in [0.25, 0.3) is 0 Å². The topological polar surface area (TPSA) is 64.1 Å². The zero-order valence-corrected chi connectivity index (χ0v) is 10.1. The third kappa shape index (κ3) is 1.51. The molecule has 1 saturated heterocycles. The third-order valence-corrected chi connectivity index (χ3v) is 4.61. The maximum Gasteiger partial charge on any atom is 0.235 e. The summed E-state index contributed by atoms with van der Waals surface area (Å²) in [5.74, 6) is 1.94. The molecule has 0 aromatic carbocycles. The first-order valence-corrected chi connectivity index (χ1v) is 6.78. The Balaban J connectivity index is 1.47. The van der Waals surface area contributed by atoms with Gasteiger partial charge in [-0.05, 0) is 19.3 Å². The number of nitrogens with one attached hydrogen (secondary N) is 1. The van der Waals surface area contributed by atoms with Gasteiger partial charge in [-0.25, -0.2) is 4.98 Å². The van der Waals surface area contributed by atoms with Crippen LogP contribution in [-0.2, 0) is 9.53 Å². The van der Waals surface area contributed by atoms with Gasteiger partial charge in [0.05, 0.1) is 18.6 Å². The van der Waals surface area contributed by atoms with Crippen LogP contribution in [0.4, 0.5) is 5.13 Å². The molecule has 1 N–H and O–H groups in total. The molecule has 0 unspecified atom stereocenters. The monoisotopic (exact) mass is 251 g/mol. The number of fused-ring (bicyclic) bond motifs is 1. The minimum Gasteiger partial charge on any atom is -0.380 e. The summed E-state index contributed by atoms with van der Waals surface area (Å²) in [5.41, 5.74) is -0.245. The quantitative estimate of drug-likeness (QED) is 0.881. The molecule has 6 heteroatoms. The van der Waals surface area contributed by atoms with Crippen molar-refractivity contribution in [1.29, 1.82) is 0 Å².